The number of allylic oxidation sites excluding steroid dienone is 2. The molecule has 0 radical (unpaired) electrons. The SMILES string of the molecule is O=C(CCN1C(=O)[C@@H]2CC=CC[C@H]2C1=O)Nc1ccc(N2CCCC2=O)cc1. The van der Waals surface area contributed by atoms with Gasteiger partial charge in [0.1, 0.15) is 0 Å². The molecule has 0 spiro atoms. The molecule has 2 heterocycles. The molecule has 0 aromatic heterocycles. The van der Waals surface area contributed by atoms with Crippen molar-refractivity contribution in [3.63, 3.8) is 0 Å². The molecule has 7 heteroatoms. The van der Waals surface area contributed by atoms with Crippen LogP contribution < -0.4 is 10.2 Å². The van der Waals surface area contributed by atoms with Crippen LogP contribution in [-0.2, 0) is 19.2 Å². The van der Waals surface area contributed by atoms with Crippen LogP contribution in [-0.4, -0.2) is 41.6 Å². The van der Waals surface area contributed by atoms with Gasteiger partial charge < -0.3 is 10.2 Å². The van der Waals surface area contributed by atoms with Crippen LogP contribution in [0.1, 0.15) is 32.1 Å². The van der Waals surface area contributed by atoms with Crippen molar-refractivity contribution in [1.82, 2.24) is 4.90 Å². The van der Waals surface area contributed by atoms with E-state index >= 15 is 0 Å². The largest absolute Gasteiger partial charge is 0.326 e. The fraction of sp³-hybridized carbons (Fsp3) is 0.429. The van der Waals surface area contributed by atoms with Gasteiger partial charge in [0.2, 0.25) is 23.6 Å². The van der Waals surface area contributed by atoms with Crippen LogP contribution in [0.15, 0.2) is 36.4 Å². The van der Waals surface area contributed by atoms with Gasteiger partial charge in [-0.1, -0.05) is 12.2 Å². The number of fused-ring (bicyclic) bond motifs is 1. The van der Waals surface area contributed by atoms with E-state index in [1.165, 1.54) is 4.90 Å². The number of nitrogens with one attached hydrogen (secondary N) is 1. The highest BCUT2D eigenvalue weighted by atomic mass is 16.2. The molecule has 3 aliphatic rings. The van der Waals surface area contributed by atoms with Gasteiger partial charge in [-0.15, -0.1) is 0 Å². The summed E-state index contributed by atoms with van der Waals surface area (Å²) in [5.74, 6) is -0.979. The van der Waals surface area contributed by atoms with Crippen LogP contribution in [0, 0.1) is 11.8 Å². The molecule has 2 aliphatic heterocycles. The van der Waals surface area contributed by atoms with Crippen molar-refractivity contribution in [1.29, 1.82) is 0 Å². The average molecular weight is 381 g/mol. The Labute approximate surface area is 163 Å². The lowest BCUT2D eigenvalue weighted by atomic mass is 9.85. The molecular formula is C21H23N3O4. The lowest BCUT2D eigenvalue weighted by Gasteiger charge is -2.16. The van der Waals surface area contributed by atoms with Crippen LogP contribution in [0.25, 0.3) is 0 Å². The average Bonchev–Trinajstić information content (AvgIpc) is 3.23. The molecule has 4 amide bonds. The third kappa shape index (κ3) is 3.44. The summed E-state index contributed by atoms with van der Waals surface area (Å²) in [7, 11) is 0. The standard InChI is InChI=1S/C21H23N3O4/c25-18(11-13-24-20(27)16-4-1-2-5-17(16)21(24)28)22-14-7-9-15(10-8-14)23-12-3-6-19(23)26/h1-2,7-10,16-17H,3-6,11-13H2,(H,22,25)/t16-,17-/m1/s1. The van der Waals surface area contributed by atoms with Crippen molar-refractivity contribution in [2.75, 3.05) is 23.3 Å². The summed E-state index contributed by atoms with van der Waals surface area (Å²) < 4.78 is 0. The summed E-state index contributed by atoms with van der Waals surface area (Å²) >= 11 is 0. The van der Waals surface area contributed by atoms with Crippen molar-refractivity contribution in [2.45, 2.75) is 32.1 Å². The second-order valence-corrected chi connectivity index (χ2v) is 7.48. The number of carbonyl (C=O) groups is 4. The van der Waals surface area contributed by atoms with Crippen LogP contribution in [0.4, 0.5) is 11.4 Å². The van der Waals surface area contributed by atoms with E-state index < -0.39 is 0 Å². The van der Waals surface area contributed by atoms with E-state index in [-0.39, 0.29) is 48.4 Å². The summed E-state index contributed by atoms with van der Waals surface area (Å²) in [6.07, 6.45) is 6.60. The quantitative estimate of drug-likeness (QED) is 0.625. The Morgan fingerprint density at radius 1 is 1.00 bits per heavy atom. The summed E-state index contributed by atoms with van der Waals surface area (Å²) in [6.45, 7) is 0.830. The number of hydrogen-bond donors (Lipinski definition) is 1. The molecule has 1 aliphatic carbocycles. The van der Waals surface area contributed by atoms with E-state index in [0.717, 1.165) is 18.7 Å². The minimum absolute atomic E-state index is 0.0662. The van der Waals surface area contributed by atoms with Crippen LogP contribution in [0.5, 0.6) is 0 Å². The lowest BCUT2D eigenvalue weighted by Crippen LogP contribution is -2.34. The van der Waals surface area contributed by atoms with Gasteiger partial charge >= 0.3 is 0 Å². The Balaban J connectivity index is 1.31. The molecular weight excluding hydrogens is 358 g/mol. The van der Waals surface area contributed by atoms with Gasteiger partial charge in [-0.25, -0.2) is 0 Å². The molecule has 2 fully saturated rings. The number of carbonyl (C=O) groups excluding carboxylic acids is 4. The van der Waals surface area contributed by atoms with Crippen molar-refractivity contribution in [3.05, 3.63) is 36.4 Å². The molecule has 2 saturated heterocycles. The Kier molecular flexibility index (Phi) is 4.98. The van der Waals surface area contributed by atoms with Gasteiger partial charge in [0.25, 0.3) is 0 Å². The monoisotopic (exact) mass is 381 g/mol. The number of imide groups is 1. The topological polar surface area (TPSA) is 86.8 Å². The second-order valence-electron chi connectivity index (χ2n) is 7.48. The molecule has 2 atom stereocenters. The second kappa shape index (κ2) is 7.58. The maximum Gasteiger partial charge on any atom is 0.233 e. The summed E-state index contributed by atoms with van der Waals surface area (Å²) in [6, 6.07) is 7.13. The first kappa shape index (κ1) is 18.4. The van der Waals surface area contributed by atoms with E-state index in [9.17, 15) is 19.2 Å². The minimum Gasteiger partial charge on any atom is -0.326 e. The summed E-state index contributed by atoms with van der Waals surface area (Å²) in [5, 5.41) is 2.78. The van der Waals surface area contributed by atoms with E-state index in [0.29, 0.717) is 24.9 Å². The maximum atomic E-state index is 12.4. The number of rotatable bonds is 5. The van der Waals surface area contributed by atoms with E-state index in [4.69, 9.17) is 0 Å². The van der Waals surface area contributed by atoms with Gasteiger partial charge in [0, 0.05) is 37.3 Å². The molecule has 0 bridgehead atoms. The van der Waals surface area contributed by atoms with E-state index in [1.807, 2.05) is 24.3 Å². The third-order valence-electron chi connectivity index (χ3n) is 5.70. The first-order valence-electron chi connectivity index (χ1n) is 9.75. The van der Waals surface area contributed by atoms with Crippen molar-refractivity contribution >= 4 is 35.0 Å². The van der Waals surface area contributed by atoms with Crippen molar-refractivity contribution in [2.24, 2.45) is 11.8 Å². The third-order valence-corrected chi connectivity index (χ3v) is 5.70. The first-order chi connectivity index (χ1) is 13.5. The predicted molar refractivity (Wildman–Crippen MR) is 103 cm³/mol. The van der Waals surface area contributed by atoms with Crippen LogP contribution in [0.2, 0.25) is 0 Å². The van der Waals surface area contributed by atoms with Crippen molar-refractivity contribution < 1.29 is 19.2 Å². The van der Waals surface area contributed by atoms with Gasteiger partial charge in [-0.05, 0) is 43.5 Å². The Morgan fingerprint density at radius 3 is 2.21 bits per heavy atom. The Hall–Kier alpha value is -2.96. The molecule has 28 heavy (non-hydrogen) atoms. The number of amides is 4. The Morgan fingerprint density at radius 2 is 1.64 bits per heavy atom. The molecule has 146 valence electrons. The number of likely N-dealkylation sites (tertiary alicyclic amines) is 1. The zero-order chi connectivity index (χ0) is 19.7. The van der Waals surface area contributed by atoms with E-state index in [1.54, 1.807) is 17.0 Å². The fourth-order valence-corrected chi connectivity index (χ4v) is 4.17. The smallest absolute Gasteiger partial charge is 0.233 e. The van der Waals surface area contributed by atoms with Gasteiger partial charge in [-0.2, -0.15) is 0 Å². The van der Waals surface area contributed by atoms with Gasteiger partial charge in [-0.3, -0.25) is 24.1 Å². The fourth-order valence-electron chi connectivity index (χ4n) is 4.17. The molecule has 4 rings (SSSR count). The summed E-state index contributed by atoms with van der Waals surface area (Å²) in [5.41, 5.74) is 1.45. The maximum absolute atomic E-state index is 12.4. The minimum atomic E-state index is -0.263. The predicted octanol–water partition coefficient (Wildman–Crippen LogP) is 2.09. The normalized spacial score (nSPS) is 24.1. The van der Waals surface area contributed by atoms with Gasteiger partial charge in [0.15, 0.2) is 0 Å². The van der Waals surface area contributed by atoms with Crippen LogP contribution in [0.3, 0.4) is 0 Å². The highest BCUT2D eigenvalue weighted by Gasteiger charge is 2.46. The number of nitrogens with zero attached hydrogens (tertiary/aromatic N) is 2. The molecule has 1 aromatic rings. The Bertz CT molecular complexity index is 820. The lowest BCUT2D eigenvalue weighted by molar-refractivity contribution is -0.140. The molecule has 1 N–H and O–H groups in total. The highest BCUT2D eigenvalue weighted by Crippen LogP contribution is 2.35. The zero-order valence-corrected chi connectivity index (χ0v) is 15.6. The van der Waals surface area contributed by atoms with E-state index in [2.05, 4.69) is 5.32 Å². The van der Waals surface area contributed by atoms with Crippen LogP contribution >= 0.6 is 0 Å². The zero-order valence-electron chi connectivity index (χ0n) is 15.6. The first-order valence-corrected chi connectivity index (χ1v) is 9.75. The van der Waals surface area contributed by atoms with Crippen molar-refractivity contribution in [3.8, 4) is 0 Å². The molecule has 0 unspecified atom stereocenters. The highest BCUT2D eigenvalue weighted by molar-refractivity contribution is 6.06. The number of hydrogen-bond acceptors (Lipinski definition) is 4. The number of benzene rings is 1. The molecule has 1 aromatic carbocycles. The van der Waals surface area contributed by atoms with Gasteiger partial charge in [0.05, 0.1) is 11.8 Å². The summed E-state index contributed by atoms with van der Waals surface area (Å²) in [4.78, 5) is 51.9. The molecule has 7 nitrogen and oxygen atoms in total. The number of anilines is 2. The molecule has 0 saturated carbocycles.